The highest BCUT2D eigenvalue weighted by molar-refractivity contribution is 5.64. The number of H-pyrrole nitrogens is 1. The van der Waals surface area contributed by atoms with E-state index in [9.17, 15) is 0 Å². The van der Waals surface area contributed by atoms with E-state index in [0.29, 0.717) is 0 Å². The molecule has 0 aliphatic carbocycles. The van der Waals surface area contributed by atoms with E-state index in [0.717, 1.165) is 46.8 Å². The number of aromatic nitrogens is 3. The maximum atomic E-state index is 5.30. The average Bonchev–Trinajstić information content (AvgIpc) is 3.15. The van der Waals surface area contributed by atoms with Crippen molar-refractivity contribution in [2.75, 3.05) is 5.32 Å². The minimum Gasteiger partial charge on any atom is -0.381 e. The van der Waals surface area contributed by atoms with Gasteiger partial charge in [-0.25, -0.2) is 0 Å². The number of hydrogen-bond acceptors (Lipinski definition) is 4. The number of hydrogen-bond donors (Lipinski definition) is 2. The van der Waals surface area contributed by atoms with Gasteiger partial charge in [0.25, 0.3) is 0 Å². The van der Waals surface area contributed by atoms with Gasteiger partial charge < -0.3 is 9.84 Å². The summed E-state index contributed by atoms with van der Waals surface area (Å²) in [5, 5.41) is 14.2. The predicted octanol–water partition coefficient (Wildman–Crippen LogP) is 3.55. The van der Waals surface area contributed by atoms with E-state index in [1.165, 1.54) is 0 Å². The summed E-state index contributed by atoms with van der Waals surface area (Å²) in [5.41, 5.74) is 5.41. The SMILES string of the molecule is CCc1onc(C)c1CNc1ccc(-c2cn[nH]c2)cc1. The predicted molar refractivity (Wildman–Crippen MR) is 82.0 cm³/mol. The van der Waals surface area contributed by atoms with E-state index in [2.05, 4.69) is 51.9 Å². The molecule has 0 saturated heterocycles. The van der Waals surface area contributed by atoms with Crippen molar-refractivity contribution in [3.63, 3.8) is 0 Å². The average molecular weight is 282 g/mol. The molecular formula is C16H18N4O. The third-order valence-corrected chi connectivity index (χ3v) is 3.57. The summed E-state index contributed by atoms with van der Waals surface area (Å²) >= 11 is 0. The topological polar surface area (TPSA) is 66.7 Å². The van der Waals surface area contributed by atoms with Crippen molar-refractivity contribution < 1.29 is 4.52 Å². The first-order valence-electron chi connectivity index (χ1n) is 7.05. The van der Waals surface area contributed by atoms with Crippen LogP contribution in [0.25, 0.3) is 11.1 Å². The molecule has 0 fully saturated rings. The van der Waals surface area contributed by atoms with Crippen LogP contribution in [-0.4, -0.2) is 15.4 Å². The lowest BCUT2D eigenvalue weighted by atomic mass is 10.1. The molecule has 21 heavy (non-hydrogen) atoms. The van der Waals surface area contributed by atoms with Crippen molar-refractivity contribution in [2.24, 2.45) is 0 Å². The lowest BCUT2D eigenvalue weighted by molar-refractivity contribution is 0.382. The molecular weight excluding hydrogens is 264 g/mol. The van der Waals surface area contributed by atoms with Gasteiger partial charge >= 0.3 is 0 Å². The summed E-state index contributed by atoms with van der Waals surface area (Å²) in [4.78, 5) is 0. The molecule has 5 heteroatoms. The number of rotatable bonds is 5. The van der Waals surface area contributed by atoms with E-state index in [4.69, 9.17) is 4.52 Å². The fraction of sp³-hybridized carbons (Fsp3) is 0.250. The molecule has 0 saturated carbocycles. The Bertz CT molecular complexity index is 698. The Morgan fingerprint density at radius 3 is 2.67 bits per heavy atom. The van der Waals surface area contributed by atoms with Crippen molar-refractivity contribution in [1.82, 2.24) is 15.4 Å². The number of aromatic amines is 1. The van der Waals surface area contributed by atoms with Gasteiger partial charge in [-0.15, -0.1) is 0 Å². The summed E-state index contributed by atoms with van der Waals surface area (Å²) in [6.45, 7) is 4.77. The van der Waals surface area contributed by atoms with Gasteiger partial charge in [-0.1, -0.05) is 24.2 Å². The standard InChI is InChI=1S/C16H18N4O/c1-3-16-15(11(2)20-21-16)10-17-14-6-4-12(5-7-14)13-8-18-19-9-13/h4-9,17H,3,10H2,1-2H3,(H,18,19). The Balaban J connectivity index is 1.70. The first-order valence-corrected chi connectivity index (χ1v) is 7.05. The van der Waals surface area contributed by atoms with Gasteiger partial charge in [-0.2, -0.15) is 5.10 Å². The number of aryl methyl sites for hydroxylation is 2. The Morgan fingerprint density at radius 1 is 1.19 bits per heavy atom. The second kappa shape index (κ2) is 5.83. The normalized spacial score (nSPS) is 10.8. The van der Waals surface area contributed by atoms with E-state index in [-0.39, 0.29) is 0 Å². The lowest BCUT2D eigenvalue weighted by Crippen LogP contribution is -2.02. The zero-order chi connectivity index (χ0) is 14.7. The summed E-state index contributed by atoms with van der Waals surface area (Å²) in [6.07, 6.45) is 4.56. The van der Waals surface area contributed by atoms with Crippen molar-refractivity contribution in [3.8, 4) is 11.1 Å². The van der Waals surface area contributed by atoms with E-state index in [1.54, 1.807) is 0 Å². The van der Waals surface area contributed by atoms with Crippen LogP contribution in [0.5, 0.6) is 0 Å². The number of anilines is 1. The van der Waals surface area contributed by atoms with Crippen molar-refractivity contribution >= 4 is 5.69 Å². The Kier molecular flexibility index (Phi) is 3.73. The van der Waals surface area contributed by atoms with Gasteiger partial charge in [0.15, 0.2) is 0 Å². The minimum absolute atomic E-state index is 0.726. The molecule has 0 aliphatic rings. The molecule has 2 aromatic heterocycles. The molecule has 0 bridgehead atoms. The van der Waals surface area contributed by atoms with Crippen molar-refractivity contribution in [3.05, 3.63) is 53.7 Å². The highest BCUT2D eigenvalue weighted by Crippen LogP contribution is 2.21. The van der Waals surface area contributed by atoms with Crippen LogP contribution in [0.4, 0.5) is 5.69 Å². The van der Waals surface area contributed by atoms with Crippen molar-refractivity contribution in [2.45, 2.75) is 26.8 Å². The van der Waals surface area contributed by atoms with E-state index < -0.39 is 0 Å². The minimum atomic E-state index is 0.726. The molecule has 0 radical (unpaired) electrons. The molecule has 2 heterocycles. The van der Waals surface area contributed by atoms with Crippen LogP contribution in [0.2, 0.25) is 0 Å². The number of nitrogens with one attached hydrogen (secondary N) is 2. The van der Waals surface area contributed by atoms with Crippen LogP contribution in [0.15, 0.2) is 41.2 Å². The Morgan fingerprint density at radius 2 is 2.00 bits per heavy atom. The molecule has 0 unspecified atom stereocenters. The fourth-order valence-corrected chi connectivity index (χ4v) is 2.32. The molecule has 1 aromatic carbocycles. The van der Waals surface area contributed by atoms with Gasteiger partial charge in [-0.3, -0.25) is 5.10 Å². The molecule has 0 amide bonds. The molecule has 2 N–H and O–H groups in total. The smallest absolute Gasteiger partial charge is 0.141 e. The summed E-state index contributed by atoms with van der Waals surface area (Å²) in [6, 6.07) is 8.29. The van der Waals surface area contributed by atoms with Gasteiger partial charge in [0.2, 0.25) is 0 Å². The second-order valence-corrected chi connectivity index (χ2v) is 4.94. The highest BCUT2D eigenvalue weighted by atomic mass is 16.5. The van der Waals surface area contributed by atoms with Crippen LogP contribution in [0.1, 0.15) is 23.9 Å². The fourth-order valence-electron chi connectivity index (χ4n) is 2.32. The van der Waals surface area contributed by atoms with Gasteiger partial charge in [0.1, 0.15) is 5.76 Å². The number of benzene rings is 1. The van der Waals surface area contributed by atoms with Crippen LogP contribution in [0, 0.1) is 6.92 Å². The molecule has 3 aromatic rings. The lowest BCUT2D eigenvalue weighted by Gasteiger charge is -2.07. The Labute approximate surface area is 123 Å². The summed E-state index contributed by atoms with van der Waals surface area (Å²) < 4.78 is 5.30. The zero-order valence-electron chi connectivity index (χ0n) is 12.2. The zero-order valence-corrected chi connectivity index (χ0v) is 12.2. The molecule has 108 valence electrons. The summed E-state index contributed by atoms with van der Waals surface area (Å²) in [7, 11) is 0. The van der Waals surface area contributed by atoms with Gasteiger partial charge in [-0.05, 0) is 24.6 Å². The molecule has 0 spiro atoms. The molecule has 3 rings (SSSR count). The first-order chi connectivity index (χ1) is 10.3. The maximum Gasteiger partial charge on any atom is 0.141 e. The number of nitrogens with zero attached hydrogens (tertiary/aromatic N) is 2. The van der Waals surface area contributed by atoms with Crippen LogP contribution in [0.3, 0.4) is 0 Å². The molecule has 0 atom stereocenters. The maximum absolute atomic E-state index is 5.30. The quantitative estimate of drug-likeness (QED) is 0.751. The van der Waals surface area contributed by atoms with Gasteiger partial charge in [0.05, 0.1) is 11.9 Å². The highest BCUT2D eigenvalue weighted by Gasteiger charge is 2.10. The molecule has 0 aliphatic heterocycles. The van der Waals surface area contributed by atoms with E-state index in [1.807, 2.05) is 19.3 Å². The van der Waals surface area contributed by atoms with Crippen LogP contribution < -0.4 is 5.32 Å². The first kappa shape index (κ1) is 13.4. The van der Waals surface area contributed by atoms with Crippen molar-refractivity contribution in [1.29, 1.82) is 0 Å². The summed E-state index contributed by atoms with van der Waals surface area (Å²) in [5.74, 6) is 0.954. The monoisotopic (exact) mass is 282 g/mol. The largest absolute Gasteiger partial charge is 0.381 e. The van der Waals surface area contributed by atoms with E-state index >= 15 is 0 Å². The van der Waals surface area contributed by atoms with Crippen LogP contribution >= 0.6 is 0 Å². The van der Waals surface area contributed by atoms with Gasteiger partial charge in [0, 0.05) is 36.0 Å². The third kappa shape index (κ3) is 2.81. The third-order valence-electron chi connectivity index (χ3n) is 3.57. The van der Waals surface area contributed by atoms with Crippen LogP contribution in [-0.2, 0) is 13.0 Å². The molecule has 5 nitrogen and oxygen atoms in total. The Hall–Kier alpha value is -2.56. The second-order valence-electron chi connectivity index (χ2n) is 4.94.